The topological polar surface area (TPSA) is 176 Å². The minimum absolute atomic E-state index is 0. The van der Waals surface area contributed by atoms with E-state index in [-0.39, 0.29) is 8.41 Å². The first kappa shape index (κ1) is 23.5. The van der Waals surface area contributed by atoms with E-state index in [1.54, 1.807) is 0 Å². The van der Waals surface area contributed by atoms with Crippen molar-refractivity contribution in [1.29, 1.82) is 0 Å². The van der Waals surface area contributed by atoms with Crippen LogP contribution >= 0.6 is 0 Å². The Labute approximate surface area is 129 Å². The van der Waals surface area contributed by atoms with Crippen molar-refractivity contribution in [3.05, 3.63) is 109 Å². The molecule has 0 atom stereocenters. The fourth-order valence-electron chi connectivity index (χ4n) is 1.26. The second-order valence-corrected chi connectivity index (χ2v) is 3.00. The maximum absolute atomic E-state index is 6.75. The molecule has 0 bridgehead atoms. The average molecular weight is 291 g/mol. The Morgan fingerprint density at radius 3 is 0.818 bits per heavy atom. The summed E-state index contributed by atoms with van der Waals surface area (Å²) in [4.78, 5) is 4.50. The predicted molar refractivity (Wildman–Crippen MR) is 87.9 cm³/mol. The van der Waals surface area contributed by atoms with Crippen LogP contribution in [0.15, 0.2) is 60.7 Å². The van der Waals surface area contributed by atoms with Crippen LogP contribution in [0.2, 0.25) is 0 Å². The van der Waals surface area contributed by atoms with Gasteiger partial charge in [0.05, 0.1) is 0 Å². The van der Waals surface area contributed by atoms with E-state index in [0.29, 0.717) is 0 Å². The van der Waals surface area contributed by atoms with Crippen molar-refractivity contribution in [2.24, 2.45) is 0 Å². The summed E-state index contributed by atoms with van der Waals surface area (Å²) in [7, 11) is 0. The Kier molecular flexibility index (Phi) is 21.1. The number of rotatable bonds is 1. The van der Waals surface area contributed by atoms with E-state index < -0.39 is 0 Å². The van der Waals surface area contributed by atoms with Gasteiger partial charge in [-0.05, 0) is 11.1 Å². The van der Waals surface area contributed by atoms with Gasteiger partial charge in [-0.1, -0.05) is 60.7 Å². The molecule has 0 heterocycles. The van der Waals surface area contributed by atoms with Gasteiger partial charge in [-0.25, -0.2) is 0 Å². The standard InChI is InChI=1S/C12H10.B.3N3/c1-3-7-11(8-4-1)12-9-5-2-6-10-12;;3*1-3-2/h1-10H;;;;/q;+3;3*-1. The first-order chi connectivity index (χ1) is 10.2. The van der Waals surface area contributed by atoms with Gasteiger partial charge in [-0.2, -0.15) is 0 Å². The van der Waals surface area contributed by atoms with Crippen molar-refractivity contribution in [3.63, 3.8) is 0 Å². The molecule has 0 saturated carbocycles. The third-order valence-electron chi connectivity index (χ3n) is 1.88. The summed E-state index contributed by atoms with van der Waals surface area (Å²) >= 11 is 0. The maximum atomic E-state index is 6.75. The molecule has 0 unspecified atom stereocenters. The number of benzene rings is 2. The van der Waals surface area contributed by atoms with Gasteiger partial charge >= 0.3 is 8.41 Å². The molecule has 0 aromatic heterocycles. The number of hydrogen-bond acceptors (Lipinski definition) is 0. The van der Waals surface area contributed by atoms with Crippen LogP contribution in [0.4, 0.5) is 0 Å². The fraction of sp³-hybridized carbons (Fsp3) is 0. The minimum Gasteiger partial charge on any atom is -0.373 e. The van der Waals surface area contributed by atoms with Gasteiger partial charge in [0.25, 0.3) is 0 Å². The third kappa shape index (κ3) is 14.5. The summed E-state index contributed by atoms with van der Waals surface area (Å²) in [5.41, 5.74) is 43.1. The molecule has 0 aliphatic rings. The van der Waals surface area contributed by atoms with Crippen LogP contribution < -0.4 is 0 Å². The molecule has 0 fully saturated rings. The molecule has 0 saturated heterocycles. The predicted octanol–water partition coefficient (Wildman–Crippen LogP) is 5.57. The molecule has 0 spiro atoms. The van der Waals surface area contributed by atoms with E-state index in [9.17, 15) is 0 Å². The Morgan fingerprint density at radius 2 is 0.636 bits per heavy atom. The van der Waals surface area contributed by atoms with Gasteiger partial charge in [0.15, 0.2) is 0 Å². The quantitative estimate of drug-likeness (QED) is 0.276. The zero-order valence-corrected chi connectivity index (χ0v) is 11.4. The van der Waals surface area contributed by atoms with Crippen LogP contribution in [-0.4, -0.2) is 8.41 Å². The summed E-state index contributed by atoms with van der Waals surface area (Å²) < 4.78 is 0. The Bertz CT molecular complexity index is 516. The van der Waals surface area contributed by atoms with E-state index >= 15 is 0 Å². The molecule has 2 aromatic carbocycles. The Balaban J connectivity index is -0.000000307. The molecule has 0 N–H and O–H groups in total. The largest absolute Gasteiger partial charge is 3.00 e. The zero-order valence-electron chi connectivity index (χ0n) is 11.4. The van der Waals surface area contributed by atoms with Crippen molar-refractivity contribution in [2.75, 3.05) is 0 Å². The first-order valence-electron chi connectivity index (χ1n) is 5.27. The van der Waals surface area contributed by atoms with Gasteiger partial charge in [-0.15, -0.1) is 0 Å². The van der Waals surface area contributed by atoms with E-state index in [1.807, 2.05) is 12.1 Å². The van der Waals surface area contributed by atoms with Crippen molar-refractivity contribution < 1.29 is 0 Å². The molecule has 106 valence electrons. The van der Waals surface area contributed by atoms with Gasteiger partial charge < -0.3 is 33.2 Å². The molecule has 9 nitrogen and oxygen atoms in total. The first-order valence-corrected chi connectivity index (χ1v) is 5.27. The number of nitrogens with zero attached hydrogens (tertiary/aromatic N) is 9. The summed E-state index contributed by atoms with van der Waals surface area (Å²) in [6.45, 7) is 0. The number of hydrogen-bond donors (Lipinski definition) is 0. The van der Waals surface area contributed by atoms with Crippen LogP contribution in [0.3, 0.4) is 0 Å². The summed E-state index contributed by atoms with van der Waals surface area (Å²) in [5.74, 6) is 0. The second-order valence-electron chi connectivity index (χ2n) is 3.00. The second kappa shape index (κ2) is 19.8. The monoisotopic (exact) mass is 291 g/mol. The van der Waals surface area contributed by atoms with Gasteiger partial charge in [0.1, 0.15) is 0 Å². The molecule has 2 aromatic rings. The fourth-order valence-corrected chi connectivity index (χ4v) is 1.26. The molecule has 22 heavy (non-hydrogen) atoms. The summed E-state index contributed by atoms with van der Waals surface area (Å²) in [5, 5.41) is 0. The van der Waals surface area contributed by atoms with Crippen molar-refractivity contribution in [2.45, 2.75) is 0 Å². The zero-order chi connectivity index (χ0) is 16.3. The van der Waals surface area contributed by atoms with Gasteiger partial charge in [0.2, 0.25) is 0 Å². The van der Waals surface area contributed by atoms with Crippen molar-refractivity contribution in [1.82, 2.24) is 0 Å². The normalized spacial score (nSPS) is 6.36. The molecule has 0 radical (unpaired) electrons. The van der Waals surface area contributed by atoms with Crippen LogP contribution in [0, 0.1) is 0 Å². The van der Waals surface area contributed by atoms with Gasteiger partial charge in [0, 0.05) is 0 Å². The molecule has 0 aliphatic carbocycles. The van der Waals surface area contributed by atoms with Crippen LogP contribution in [-0.2, 0) is 0 Å². The minimum atomic E-state index is 0. The van der Waals surface area contributed by atoms with Crippen LogP contribution in [0.25, 0.3) is 59.0 Å². The van der Waals surface area contributed by atoms with Crippen molar-refractivity contribution in [3.8, 4) is 11.1 Å². The molecule has 0 amide bonds. The van der Waals surface area contributed by atoms with E-state index in [1.165, 1.54) is 25.9 Å². The van der Waals surface area contributed by atoms with Gasteiger partial charge in [-0.3, -0.25) is 14.7 Å². The van der Waals surface area contributed by atoms with E-state index in [4.69, 9.17) is 33.2 Å². The average Bonchev–Trinajstić information content (AvgIpc) is 2.51. The molecular weight excluding hydrogens is 281 g/mol. The maximum Gasteiger partial charge on any atom is 3.00 e. The van der Waals surface area contributed by atoms with Crippen molar-refractivity contribution >= 4 is 8.41 Å². The molecule has 10 heteroatoms. The Hall–Kier alpha value is -3.57. The summed E-state index contributed by atoms with van der Waals surface area (Å²) in [6, 6.07) is 20.8. The molecule has 0 aliphatic heterocycles. The molecule has 2 rings (SSSR count). The van der Waals surface area contributed by atoms with Crippen LogP contribution in [0.1, 0.15) is 0 Å². The Morgan fingerprint density at radius 1 is 0.455 bits per heavy atom. The van der Waals surface area contributed by atoms with E-state index in [0.717, 1.165) is 0 Å². The van der Waals surface area contributed by atoms with E-state index in [2.05, 4.69) is 48.5 Å². The third-order valence-corrected chi connectivity index (χ3v) is 1.88. The van der Waals surface area contributed by atoms with Crippen LogP contribution in [0.5, 0.6) is 0 Å². The molecular formula is C12H10BN9. The summed E-state index contributed by atoms with van der Waals surface area (Å²) in [6.07, 6.45) is 0. The smallest absolute Gasteiger partial charge is 0.373 e. The SMILES string of the molecule is [B+3].[N-]=[N+]=[N-].[N-]=[N+]=[N-].[N-]=[N+]=[N-].c1ccc(-c2ccccc2)cc1.